The molecule has 1 saturated heterocycles. The molecule has 2 aliphatic rings. The van der Waals surface area contributed by atoms with Crippen molar-refractivity contribution >= 4 is 53.0 Å². The van der Waals surface area contributed by atoms with Crippen molar-refractivity contribution in [1.29, 1.82) is 0 Å². The van der Waals surface area contributed by atoms with Gasteiger partial charge in [-0.2, -0.15) is 0 Å². The summed E-state index contributed by atoms with van der Waals surface area (Å²) in [6.07, 6.45) is 5.02. The third kappa shape index (κ3) is 7.61. The van der Waals surface area contributed by atoms with E-state index in [0.717, 1.165) is 43.7 Å². The second-order valence-electron chi connectivity index (χ2n) is 8.48. The number of thiazole rings is 1. The first-order chi connectivity index (χ1) is 14.6. The molecule has 4 rings (SSSR count). The smallest absolute Gasteiger partial charge is 0.191 e. The fraction of sp³-hybridized carbons (Fsp3) is 0.565. The monoisotopic (exact) mass is 571 g/mol. The lowest BCUT2D eigenvalue weighted by Crippen LogP contribution is -2.44. The van der Waals surface area contributed by atoms with Crippen molar-refractivity contribution in [2.75, 3.05) is 33.2 Å². The summed E-state index contributed by atoms with van der Waals surface area (Å²) in [7, 11) is 1.87. The van der Waals surface area contributed by atoms with Crippen LogP contribution < -0.4 is 10.6 Å². The van der Waals surface area contributed by atoms with Crippen LogP contribution in [0.1, 0.15) is 36.4 Å². The molecular weight excluding hydrogens is 537 g/mol. The highest BCUT2D eigenvalue weighted by molar-refractivity contribution is 14.0. The standard InChI is InChI=1S/C23H33N5S2.HI/c1-18-27-20(16-29-18)15-28-12-8-19(9-13-28)14-25-22(24-2)26-17-23(10-11-23)30-21-6-4-3-5-7-21;/h3-7,16,19H,8-15,17H2,1-2H3,(H2,24,25,26);1H. The van der Waals surface area contributed by atoms with Crippen LogP contribution in [0, 0.1) is 12.8 Å². The fourth-order valence-electron chi connectivity index (χ4n) is 3.96. The van der Waals surface area contributed by atoms with Crippen molar-refractivity contribution in [3.05, 3.63) is 46.4 Å². The Bertz CT molecular complexity index is 830. The maximum atomic E-state index is 4.60. The van der Waals surface area contributed by atoms with Gasteiger partial charge in [-0.05, 0) is 63.7 Å². The number of nitrogens with one attached hydrogen (secondary N) is 2. The summed E-state index contributed by atoms with van der Waals surface area (Å²) in [5.41, 5.74) is 1.22. The Labute approximate surface area is 211 Å². The molecule has 1 aromatic heterocycles. The molecule has 1 saturated carbocycles. The summed E-state index contributed by atoms with van der Waals surface area (Å²) in [5, 5.41) is 10.5. The Morgan fingerprint density at radius 3 is 2.58 bits per heavy atom. The third-order valence-corrected chi connectivity index (χ3v) is 8.32. The SMILES string of the molecule is CN=C(NCC1CCN(Cc2csc(C)n2)CC1)NCC1(Sc2ccccc2)CC1.I. The van der Waals surface area contributed by atoms with Crippen molar-refractivity contribution in [3.8, 4) is 0 Å². The quantitative estimate of drug-likeness (QED) is 0.272. The van der Waals surface area contributed by atoms with Gasteiger partial charge in [0.25, 0.3) is 0 Å². The number of aryl methyl sites for hydroxylation is 1. The fourth-order valence-corrected chi connectivity index (χ4v) is 5.81. The zero-order valence-corrected chi connectivity index (χ0v) is 22.4. The van der Waals surface area contributed by atoms with Crippen LogP contribution in [0.25, 0.3) is 0 Å². The van der Waals surface area contributed by atoms with Gasteiger partial charge in [-0.25, -0.2) is 4.98 Å². The van der Waals surface area contributed by atoms with Gasteiger partial charge >= 0.3 is 0 Å². The molecule has 0 unspecified atom stereocenters. The molecule has 0 radical (unpaired) electrons. The summed E-state index contributed by atoms with van der Waals surface area (Å²) in [6.45, 7) is 7.37. The molecule has 0 atom stereocenters. The second-order valence-corrected chi connectivity index (χ2v) is 11.1. The van der Waals surface area contributed by atoms with Gasteiger partial charge in [0.05, 0.1) is 10.7 Å². The molecule has 2 N–H and O–H groups in total. The van der Waals surface area contributed by atoms with Crippen molar-refractivity contribution in [2.24, 2.45) is 10.9 Å². The number of likely N-dealkylation sites (tertiary alicyclic amines) is 1. The molecule has 1 aromatic carbocycles. The maximum Gasteiger partial charge on any atom is 0.191 e. The average Bonchev–Trinajstić information content (AvgIpc) is 3.41. The number of guanidine groups is 1. The number of hydrogen-bond acceptors (Lipinski definition) is 5. The molecule has 0 spiro atoms. The average molecular weight is 572 g/mol. The van der Waals surface area contributed by atoms with Crippen molar-refractivity contribution < 1.29 is 0 Å². The van der Waals surface area contributed by atoms with E-state index in [0.29, 0.717) is 10.7 Å². The summed E-state index contributed by atoms with van der Waals surface area (Å²) in [5.74, 6) is 1.65. The molecule has 5 nitrogen and oxygen atoms in total. The van der Waals surface area contributed by atoms with Gasteiger partial charge in [0.15, 0.2) is 5.96 Å². The molecule has 2 heterocycles. The number of nitrogens with zero attached hydrogens (tertiary/aromatic N) is 3. The van der Waals surface area contributed by atoms with Crippen molar-refractivity contribution in [1.82, 2.24) is 20.5 Å². The highest BCUT2D eigenvalue weighted by atomic mass is 127. The first kappa shape index (κ1) is 24.8. The molecule has 1 aliphatic heterocycles. The summed E-state index contributed by atoms with van der Waals surface area (Å²) < 4.78 is 0.332. The van der Waals surface area contributed by atoms with Crippen LogP contribution in [-0.4, -0.2) is 53.8 Å². The minimum atomic E-state index is 0. The molecule has 31 heavy (non-hydrogen) atoms. The number of aliphatic imine (C=N–C) groups is 1. The highest BCUT2D eigenvalue weighted by Gasteiger charge is 2.43. The maximum absolute atomic E-state index is 4.60. The van der Waals surface area contributed by atoms with E-state index in [4.69, 9.17) is 0 Å². The van der Waals surface area contributed by atoms with E-state index < -0.39 is 0 Å². The van der Waals surface area contributed by atoms with Crippen LogP contribution in [0.3, 0.4) is 0 Å². The minimum Gasteiger partial charge on any atom is -0.356 e. The van der Waals surface area contributed by atoms with Gasteiger partial charge in [0.1, 0.15) is 0 Å². The van der Waals surface area contributed by atoms with E-state index in [2.05, 4.69) is 68.1 Å². The Morgan fingerprint density at radius 2 is 1.97 bits per heavy atom. The van der Waals surface area contributed by atoms with Crippen molar-refractivity contribution in [2.45, 2.75) is 48.8 Å². The molecular formula is C23H34IN5S2. The largest absolute Gasteiger partial charge is 0.356 e. The van der Waals surface area contributed by atoms with Crippen LogP contribution in [0.5, 0.6) is 0 Å². The molecule has 0 amide bonds. The van der Waals surface area contributed by atoms with Gasteiger partial charge in [-0.3, -0.25) is 9.89 Å². The van der Waals surface area contributed by atoms with Crippen LogP contribution in [0.15, 0.2) is 45.6 Å². The molecule has 1 aliphatic carbocycles. The summed E-state index contributed by atoms with van der Waals surface area (Å²) in [6, 6.07) is 10.7. The number of rotatable bonds is 8. The van der Waals surface area contributed by atoms with Crippen LogP contribution in [0.2, 0.25) is 0 Å². The van der Waals surface area contributed by atoms with E-state index >= 15 is 0 Å². The minimum absolute atomic E-state index is 0. The molecule has 170 valence electrons. The van der Waals surface area contributed by atoms with E-state index in [1.807, 2.05) is 18.8 Å². The highest BCUT2D eigenvalue weighted by Crippen LogP contribution is 2.51. The Morgan fingerprint density at radius 1 is 1.23 bits per heavy atom. The van der Waals surface area contributed by atoms with Crippen LogP contribution >= 0.6 is 47.1 Å². The van der Waals surface area contributed by atoms with Gasteiger partial charge in [-0.15, -0.1) is 47.1 Å². The topological polar surface area (TPSA) is 52.6 Å². The van der Waals surface area contributed by atoms with E-state index in [1.165, 1.54) is 36.3 Å². The zero-order valence-electron chi connectivity index (χ0n) is 18.5. The number of piperidine rings is 1. The van der Waals surface area contributed by atoms with Gasteiger partial charge in [-0.1, -0.05) is 18.2 Å². The van der Waals surface area contributed by atoms with Crippen molar-refractivity contribution in [3.63, 3.8) is 0 Å². The lowest BCUT2D eigenvalue weighted by molar-refractivity contribution is 0.176. The first-order valence-corrected chi connectivity index (χ1v) is 12.7. The van der Waals surface area contributed by atoms with Crippen LogP contribution in [-0.2, 0) is 6.54 Å². The van der Waals surface area contributed by atoms with E-state index in [-0.39, 0.29) is 24.0 Å². The number of halogens is 1. The lowest BCUT2D eigenvalue weighted by Gasteiger charge is -2.32. The predicted octanol–water partition coefficient (Wildman–Crippen LogP) is 4.77. The van der Waals surface area contributed by atoms with E-state index in [9.17, 15) is 0 Å². The predicted molar refractivity (Wildman–Crippen MR) is 144 cm³/mol. The first-order valence-electron chi connectivity index (χ1n) is 11.0. The van der Waals surface area contributed by atoms with Crippen LogP contribution in [0.4, 0.5) is 0 Å². The molecule has 8 heteroatoms. The summed E-state index contributed by atoms with van der Waals surface area (Å²) >= 11 is 3.75. The van der Waals surface area contributed by atoms with Gasteiger partial charge in [0, 0.05) is 41.7 Å². The van der Waals surface area contributed by atoms with E-state index in [1.54, 1.807) is 11.3 Å². The molecule has 0 bridgehead atoms. The zero-order chi connectivity index (χ0) is 20.8. The number of aromatic nitrogens is 1. The normalized spacial score (nSPS) is 19.0. The number of hydrogen-bond donors (Lipinski definition) is 2. The number of thioether (sulfide) groups is 1. The summed E-state index contributed by atoms with van der Waals surface area (Å²) in [4.78, 5) is 13.0. The number of benzene rings is 1. The van der Waals surface area contributed by atoms with Gasteiger partial charge < -0.3 is 10.6 Å². The Hall–Kier alpha value is -0.840. The van der Waals surface area contributed by atoms with Gasteiger partial charge in [0.2, 0.25) is 0 Å². The Balaban J connectivity index is 0.00000272. The second kappa shape index (κ2) is 11.9. The Kier molecular flexibility index (Phi) is 9.48. The lowest BCUT2D eigenvalue weighted by atomic mass is 9.97. The third-order valence-electron chi connectivity index (χ3n) is 6.00. The molecule has 2 aromatic rings. The molecule has 2 fully saturated rings.